The largest absolute Gasteiger partial charge is 0.493 e. The monoisotopic (exact) mass is 243 g/mol. The molecule has 0 saturated carbocycles. The quantitative estimate of drug-likeness (QED) is 0.900. The van der Waals surface area contributed by atoms with Crippen molar-refractivity contribution in [2.45, 2.75) is 20.8 Å². The Kier molecular flexibility index (Phi) is 3.51. The van der Waals surface area contributed by atoms with Gasteiger partial charge in [0.05, 0.1) is 6.61 Å². The van der Waals surface area contributed by atoms with Crippen LogP contribution in [0.15, 0.2) is 35.1 Å². The van der Waals surface area contributed by atoms with Crippen molar-refractivity contribution in [2.75, 3.05) is 6.61 Å². The van der Waals surface area contributed by atoms with Crippen LogP contribution in [0.25, 0.3) is 11.3 Å². The van der Waals surface area contributed by atoms with E-state index in [1.807, 2.05) is 39.0 Å². The molecule has 0 spiro atoms. The fourth-order valence-corrected chi connectivity index (χ4v) is 2.09. The van der Waals surface area contributed by atoms with Crippen LogP contribution in [0.1, 0.15) is 18.1 Å². The van der Waals surface area contributed by atoms with Crippen molar-refractivity contribution in [3.63, 3.8) is 0 Å². The molecule has 0 bridgehead atoms. The number of ether oxygens (including phenoxy) is 1. The second-order valence-corrected chi connectivity index (χ2v) is 4.30. The summed E-state index contributed by atoms with van der Waals surface area (Å²) in [6.07, 6.45) is 0. The molecule has 18 heavy (non-hydrogen) atoms. The number of aryl methyl sites for hydroxylation is 2. The number of aromatic nitrogens is 1. The molecule has 0 fully saturated rings. The van der Waals surface area contributed by atoms with Crippen LogP contribution in [-0.2, 0) is 0 Å². The first-order valence-corrected chi connectivity index (χ1v) is 6.05. The van der Waals surface area contributed by atoms with Crippen molar-refractivity contribution in [3.05, 3.63) is 51.8 Å². The number of pyridine rings is 1. The third-order valence-electron chi connectivity index (χ3n) is 2.83. The summed E-state index contributed by atoms with van der Waals surface area (Å²) >= 11 is 0. The van der Waals surface area contributed by atoms with Gasteiger partial charge in [-0.1, -0.05) is 6.07 Å². The lowest BCUT2D eigenvalue weighted by Crippen LogP contribution is -2.04. The Labute approximate surface area is 106 Å². The smallest absolute Gasteiger partial charge is 0.248 e. The van der Waals surface area contributed by atoms with Crippen LogP contribution < -0.4 is 10.3 Å². The van der Waals surface area contributed by atoms with E-state index in [-0.39, 0.29) is 5.56 Å². The van der Waals surface area contributed by atoms with E-state index in [9.17, 15) is 4.79 Å². The lowest BCUT2D eigenvalue weighted by Gasteiger charge is -2.12. The van der Waals surface area contributed by atoms with E-state index in [4.69, 9.17) is 4.74 Å². The van der Waals surface area contributed by atoms with E-state index in [2.05, 4.69) is 4.98 Å². The van der Waals surface area contributed by atoms with Gasteiger partial charge >= 0.3 is 0 Å². The normalized spacial score (nSPS) is 10.4. The Morgan fingerprint density at radius 2 is 1.83 bits per heavy atom. The minimum Gasteiger partial charge on any atom is -0.493 e. The summed E-state index contributed by atoms with van der Waals surface area (Å²) in [5.41, 5.74) is 3.91. The highest BCUT2D eigenvalue weighted by Gasteiger charge is 2.07. The number of nitrogens with one attached hydrogen (secondary N) is 1. The first-order chi connectivity index (χ1) is 8.61. The summed E-state index contributed by atoms with van der Waals surface area (Å²) in [6, 6.07) is 9.23. The predicted molar refractivity (Wildman–Crippen MR) is 73.1 cm³/mol. The van der Waals surface area contributed by atoms with Gasteiger partial charge in [0.1, 0.15) is 5.75 Å². The van der Waals surface area contributed by atoms with Gasteiger partial charge in [-0.25, -0.2) is 0 Å². The fraction of sp³-hybridized carbons (Fsp3) is 0.267. The van der Waals surface area contributed by atoms with Crippen LogP contribution >= 0.6 is 0 Å². The molecule has 0 aliphatic carbocycles. The third-order valence-corrected chi connectivity index (χ3v) is 2.83. The minimum absolute atomic E-state index is 0.0864. The summed E-state index contributed by atoms with van der Waals surface area (Å²) < 4.78 is 5.61. The summed E-state index contributed by atoms with van der Waals surface area (Å²) in [5.74, 6) is 0.930. The molecule has 94 valence electrons. The number of benzene rings is 1. The molecule has 2 rings (SSSR count). The minimum atomic E-state index is -0.0864. The van der Waals surface area contributed by atoms with Gasteiger partial charge in [0, 0.05) is 11.8 Å². The van der Waals surface area contributed by atoms with Crippen LogP contribution in [-0.4, -0.2) is 11.6 Å². The molecule has 0 aliphatic rings. The van der Waals surface area contributed by atoms with E-state index in [0.29, 0.717) is 6.61 Å². The average molecular weight is 243 g/mol. The van der Waals surface area contributed by atoms with Crippen molar-refractivity contribution in [3.8, 4) is 17.0 Å². The van der Waals surface area contributed by atoms with Gasteiger partial charge in [0.25, 0.3) is 0 Å². The van der Waals surface area contributed by atoms with Gasteiger partial charge in [0.15, 0.2) is 0 Å². The van der Waals surface area contributed by atoms with Gasteiger partial charge in [-0.05, 0) is 55.7 Å². The maximum absolute atomic E-state index is 11.3. The zero-order valence-electron chi connectivity index (χ0n) is 10.9. The summed E-state index contributed by atoms with van der Waals surface area (Å²) in [6.45, 7) is 6.66. The molecule has 1 N–H and O–H groups in total. The van der Waals surface area contributed by atoms with E-state index in [0.717, 1.165) is 28.1 Å². The van der Waals surface area contributed by atoms with Crippen LogP contribution in [0.5, 0.6) is 5.75 Å². The Morgan fingerprint density at radius 3 is 2.39 bits per heavy atom. The van der Waals surface area contributed by atoms with Crippen molar-refractivity contribution in [2.24, 2.45) is 0 Å². The molecule has 0 unspecified atom stereocenters. The van der Waals surface area contributed by atoms with Gasteiger partial charge in [-0.15, -0.1) is 0 Å². The number of hydrogen-bond donors (Lipinski definition) is 1. The molecule has 3 heteroatoms. The zero-order valence-corrected chi connectivity index (χ0v) is 10.9. The fourth-order valence-electron chi connectivity index (χ4n) is 2.09. The molecular formula is C15H17NO2. The topological polar surface area (TPSA) is 42.1 Å². The Hall–Kier alpha value is -2.03. The second kappa shape index (κ2) is 5.08. The van der Waals surface area contributed by atoms with Crippen LogP contribution in [0.3, 0.4) is 0 Å². The van der Waals surface area contributed by atoms with E-state index in [1.54, 1.807) is 6.07 Å². The van der Waals surface area contributed by atoms with Crippen molar-refractivity contribution in [1.82, 2.24) is 4.98 Å². The molecule has 0 radical (unpaired) electrons. The molecule has 1 aromatic carbocycles. The highest BCUT2D eigenvalue weighted by molar-refractivity contribution is 5.63. The first-order valence-electron chi connectivity index (χ1n) is 6.05. The highest BCUT2D eigenvalue weighted by atomic mass is 16.5. The lowest BCUT2D eigenvalue weighted by molar-refractivity contribution is 0.335. The molecule has 0 saturated heterocycles. The van der Waals surface area contributed by atoms with Crippen molar-refractivity contribution in [1.29, 1.82) is 0 Å². The third kappa shape index (κ3) is 2.45. The summed E-state index contributed by atoms with van der Waals surface area (Å²) in [4.78, 5) is 14.2. The van der Waals surface area contributed by atoms with E-state index in [1.165, 1.54) is 6.07 Å². The van der Waals surface area contributed by atoms with Gasteiger partial charge in [0.2, 0.25) is 5.56 Å². The molecular weight excluding hydrogens is 226 g/mol. The maximum atomic E-state index is 11.3. The number of aromatic amines is 1. The Morgan fingerprint density at radius 1 is 1.17 bits per heavy atom. The van der Waals surface area contributed by atoms with Crippen molar-refractivity contribution >= 4 is 0 Å². The molecule has 1 aromatic heterocycles. The van der Waals surface area contributed by atoms with Crippen LogP contribution in [0.2, 0.25) is 0 Å². The number of rotatable bonds is 3. The predicted octanol–water partition coefficient (Wildman–Crippen LogP) is 3.06. The van der Waals surface area contributed by atoms with Crippen LogP contribution in [0, 0.1) is 13.8 Å². The first kappa shape index (κ1) is 12.4. The van der Waals surface area contributed by atoms with Gasteiger partial charge < -0.3 is 9.72 Å². The lowest BCUT2D eigenvalue weighted by atomic mass is 10.0. The molecule has 0 amide bonds. The zero-order chi connectivity index (χ0) is 13.1. The molecule has 0 aliphatic heterocycles. The van der Waals surface area contributed by atoms with Gasteiger partial charge in [-0.2, -0.15) is 0 Å². The Balaban J connectivity index is 2.51. The molecule has 2 aromatic rings. The SMILES string of the molecule is CCOc1c(C)cc(-c2cccc(=O)[nH]2)cc1C. The summed E-state index contributed by atoms with van der Waals surface area (Å²) in [7, 11) is 0. The standard InChI is InChI=1S/C15H17NO2/c1-4-18-15-10(2)8-12(9-11(15)3)13-6-5-7-14(17)16-13/h5-9H,4H2,1-3H3,(H,16,17). The van der Waals surface area contributed by atoms with Crippen LogP contribution in [0.4, 0.5) is 0 Å². The highest BCUT2D eigenvalue weighted by Crippen LogP contribution is 2.28. The van der Waals surface area contributed by atoms with Gasteiger partial charge in [-0.3, -0.25) is 4.79 Å². The molecule has 3 nitrogen and oxygen atoms in total. The van der Waals surface area contributed by atoms with E-state index >= 15 is 0 Å². The number of hydrogen-bond acceptors (Lipinski definition) is 2. The molecule has 1 heterocycles. The number of H-pyrrole nitrogens is 1. The molecule has 0 atom stereocenters. The summed E-state index contributed by atoms with van der Waals surface area (Å²) in [5, 5.41) is 0. The second-order valence-electron chi connectivity index (χ2n) is 4.30. The Bertz CT molecular complexity index is 591. The van der Waals surface area contributed by atoms with E-state index < -0.39 is 0 Å². The average Bonchev–Trinajstić information content (AvgIpc) is 2.33. The maximum Gasteiger partial charge on any atom is 0.248 e. The van der Waals surface area contributed by atoms with Crippen molar-refractivity contribution < 1.29 is 4.74 Å².